The van der Waals surface area contributed by atoms with Crippen molar-refractivity contribution in [3.05, 3.63) is 144 Å². The quantitative estimate of drug-likeness (QED) is 0.119. The molecule has 20 heteroatoms. The smallest absolute Gasteiger partial charge is 0.292 e. The van der Waals surface area contributed by atoms with Gasteiger partial charge in [-0.3, -0.25) is 20.0 Å². The fraction of sp³-hybridized carbons (Fsp3) is 0.118. The molecule has 0 amide bonds. The van der Waals surface area contributed by atoms with Gasteiger partial charge < -0.3 is 21.5 Å². The molecule has 3 aliphatic rings. The van der Waals surface area contributed by atoms with Crippen LogP contribution in [0, 0.1) is 5.92 Å². The molecule has 3 aromatic rings. The Balaban J connectivity index is 1.30. The van der Waals surface area contributed by atoms with Gasteiger partial charge in [-0.2, -0.15) is 27.1 Å². The van der Waals surface area contributed by atoms with Crippen molar-refractivity contribution in [2.24, 2.45) is 15.9 Å². The lowest BCUT2D eigenvalue weighted by molar-refractivity contribution is 0.313. The van der Waals surface area contributed by atoms with E-state index in [1.165, 1.54) is 35.6 Å². The van der Waals surface area contributed by atoms with Crippen LogP contribution >= 0.6 is 0 Å². The number of nitrogens with zero attached hydrogens (tertiary/aromatic N) is 4. The average Bonchev–Trinajstić information content (AvgIpc) is 3.16. The molecule has 1 aliphatic carbocycles. The Morgan fingerprint density at radius 1 is 0.722 bits per heavy atom. The van der Waals surface area contributed by atoms with E-state index in [1.807, 2.05) is 48.5 Å². The molecule has 3 aromatic carbocycles. The van der Waals surface area contributed by atoms with E-state index < -0.39 is 30.2 Å². The van der Waals surface area contributed by atoms with Crippen LogP contribution in [0.4, 0.5) is 17.1 Å². The zero-order chi connectivity index (χ0) is 38.3. The second-order valence-corrected chi connectivity index (χ2v) is 15.2. The Hall–Kier alpha value is -6.16. The Labute approximate surface area is 312 Å². The van der Waals surface area contributed by atoms with Crippen molar-refractivity contribution in [1.29, 1.82) is 0 Å². The van der Waals surface area contributed by atoms with Crippen molar-refractivity contribution in [2.45, 2.75) is 4.08 Å². The summed E-state index contributed by atoms with van der Waals surface area (Å²) in [6, 6.07) is 25.3. The third kappa shape index (κ3) is 8.07. The summed E-state index contributed by atoms with van der Waals surface area (Å²) in [5.41, 5.74) is 21.4. The summed E-state index contributed by atoms with van der Waals surface area (Å²) in [6.45, 7) is 0. The van der Waals surface area contributed by atoms with Crippen LogP contribution in [0.5, 0.6) is 0 Å². The lowest BCUT2D eigenvalue weighted by Gasteiger charge is -2.34. The van der Waals surface area contributed by atoms with Gasteiger partial charge in [0.05, 0.1) is 34.2 Å². The molecule has 2 heterocycles. The van der Waals surface area contributed by atoms with E-state index in [0.29, 0.717) is 40.2 Å². The second kappa shape index (κ2) is 15.8. The molecular weight excluding hydrogens is 737 g/mol. The largest absolute Gasteiger partial charge is 0.384 e. The van der Waals surface area contributed by atoms with E-state index in [4.69, 9.17) is 4.99 Å². The van der Waals surface area contributed by atoms with Gasteiger partial charge in [0.1, 0.15) is 0 Å². The summed E-state index contributed by atoms with van der Waals surface area (Å²) in [6.07, 6.45) is 9.31. The van der Waals surface area contributed by atoms with E-state index >= 15 is 0 Å². The molecule has 10 N–H and O–H groups in total. The maximum Gasteiger partial charge on any atom is 0.292 e. The molecule has 1 unspecified atom stereocenters. The molecule has 282 valence electrons. The molecule has 0 bridgehead atoms. The van der Waals surface area contributed by atoms with Gasteiger partial charge in [-0.15, -0.1) is 11.1 Å². The molecule has 0 spiro atoms. The summed E-state index contributed by atoms with van der Waals surface area (Å²) >= 11 is 0. The fourth-order valence-corrected chi connectivity index (χ4v) is 8.15. The topological polar surface area (TPSA) is 236 Å². The van der Waals surface area contributed by atoms with Crippen LogP contribution in [-0.2, 0) is 20.2 Å². The highest BCUT2D eigenvalue weighted by atomic mass is 32.3. The normalized spacial score (nSPS) is 20.1. The van der Waals surface area contributed by atoms with Gasteiger partial charge in [-0.25, -0.2) is 9.98 Å². The number of hydrazine groups is 6. The number of hydrogen-bond acceptors (Lipinski definition) is 14. The summed E-state index contributed by atoms with van der Waals surface area (Å²) in [5.74, 6) is -0.911. The Bertz CT molecular complexity index is 2250. The number of likely N-dealkylation sites (N-methyl/N-ethyl adjacent to an activating group) is 2. The van der Waals surface area contributed by atoms with Gasteiger partial charge in [0.25, 0.3) is 24.3 Å². The number of hydrogen-bond donors (Lipinski definition) is 10. The Kier molecular flexibility index (Phi) is 11.0. The minimum absolute atomic E-state index is 0.157. The predicted molar refractivity (Wildman–Crippen MR) is 207 cm³/mol. The van der Waals surface area contributed by atoms with Crippen LogP contribution in [0.25, 0.3) is 6.08 Å². The highest BCUT2D eigenvalue weighted by Crippen LogP contribution is 2.40. The monoisotopic (exact) mass is 774 g/mol. The van der Waals surface area contributed by atoms with Crippen LogP contribution in [0.3, 0.4) is 0 Å². The number of aliphatic imine (C=N–C) groups is 2. The van der Waals surface area contributed by atoms with E-state index in [9.17, 15) is 25.9 Å². The van der Waals surface area contributed by atoms with Crippen LogP contribution < -0.4 is 43.4 Å². The first-order valence-electron chi connectivity index (χ1n) is 16.3. The van der Waals surface area contributed by atoms with Crippen LogP contribution in [-0.4, -0.2) is 66.0 Å². The Morgan fingerprint density at radius 3 is 1.70 bits per heavy atom. The van der Waals surface area contributed by atoms with Crippen molar-refractivity contribution in [2.75, 3.05) is 24.9 Å². The standard InChI is InChI=1S/C34H38N12O6S2/c1-35-30-22-37-43-45(41-27-9-5-3-6-10-27)32(30)39-26-18-14-24(15-19-26)13-16-25-17-20-29(21-34(25,53(47,48)49)54(50,51)52)40-33-31(36-2)23-38-44-46(33)42-28-11-7-4-8-12-28/h3-23,25,35-38,41-44H,1-2H3,(H,47,48,49)(H,50,51,52). The van der Waals surface area contributed by atoms with Crippen molar-refractivity contribution < 1.29 is 25.9 Å². The highest BCUT2D eigenvalue weighted by Gasteiger charge is 2.58. The van der Waals surface area contributed by atoms with Gasteiger partial charge in [-0.05, 0) is 54.1 Å². The SMILES string of the molecule is CNC1=CNNN(Nc2ccccc2)C1=NC1=CC(S(=O)(=O)O)(S(=O)(=O)O)C(C=Cc2ccc(N=C3C(NC)=CNNN3Nc3ccccc3)cc2)C=C1. The summed E-state index contributed by atoms with van der Waals surface area (Å²) in [7, 11) is -7.69. The minimum atomic E-state index is -5.54. The minimum Gasteiger partial charge on any atom is -0.384 e. The lowest BCUT2D eigenvalue weighted by Crippen LogP contribution is -2.57. The molecule has 0 aromatic heterocycles. The zero-order valence-electron chi connectivity index (χ0n) is 28.8. The number of rotatable bonds is 12. The summed E-state index contributed by atoms with van der Waals surface area (Å²) in [4.78, 5) is 9.27. The first-order chi connectivity index (χ1) is 25.9. The van der Waals surface area contributed by atoms with Crippen molar-refractivity contribution in [1.82, 2.24) is 42.8 Å². The summed E-state index contributed by atoms with van der Waals surface area (Å²) in [5, 5.41) is 9.01. The number of nitrogens with one attached hydrogen (secondary N) is 8. The Morgan fingerprint density at radius 2 is 1.22 bits per heavy atom. The van der Waals surface area contributed by atoms with Crippen molar-refractivity contribution in [3.63, 3.8) is 0 Å². The molecule has 54 heavy (non-hydrogen) atoms. The first kappa shape index (κ1) is 37.6. The van der Waals surface area contributed by atoms with E-state index in [-0.39, 0.29) is 11.5 Å². The van der Waals surface area contributed by atoms with Gasteiger partial charge >= 0.3 is 0 Å². The van der Waals surface area contributed by atoms with Crippen LogP contribution in [0.1, 0.15) is 5.56 Å². The van der Waals surface area contributed by atoms with Gasteiger partial charge in [0, 0.05) is 32.4 Å². The fourth-order valence-electron chi connectivity index (χ4n) is 5.55. The maximum absolute atomic E-state index is 13.0. The van der Waals surface area contributed by atoms with Crippen molar-refractivity contribution >= 4 is 55.0 Å². The molecule has 1 atom stereocenters. The van der Waals surface area contributed by atoms with E-state index in [0.717, 1.165) is 5.69 Å². The first-order valence-corrected chi connectivity index (χ1v) is 19.1. The third-order valence-corrected chi connectivity index (χ3v) is 11.9. The maximum atomic E-state index is 13.0. The molecular formula is C34H38N12O6S2. The lowest BCUT2D eigenvalue weighted by atomic mass is 9.96. The molecule has 0 fully saturated rings. The van der Waals surface area contributed by atoms with Gasteiger partial charge in [0.2, 0.25) is 0 Å². The molecule has 6 rings (SSSR count). The highest BCUT2D eigenvalue weighted by molar-refractivity contribution is 8.05. The second-order valence-electron chi connectivity index (χ2n) is 11.7. The van der Waals surface area contributed by atoms with Crippen LogP contribution in [0.15, 0.2) is 149 Å². The van der Waals surface area contributed by atoms with E-state index in [1.54, 1.807) is 61.8 Å². The number of amidine groups is 2. The summed E-state index contributed by atoms with van der Waals surface area (Å²) < 4.78 is 69.8. The zero-order valence-corrected chi connectivity index (χ0v) is 30.5. The molecule has 18 nitrogen and oxygen atoms in total. The number of allylic oxidation sites excluding steroid dienone is 3. The molecule has 0 saturated heterocycles. The predicted octanol–water partition coefficient (Wildman–Crippen LogP) is 2.50. The van der Waals surface area contributed by atoms with Crippen molar-refractivity contribution in [3.8, 4) is 0 Å². The van der Waals surface area contributed by atoms with Gasteiger partial charge in [-0.1, -0.05) is 66.8 Å². The molecule has 0 saturated carbocycles. The van der Waals surface area contributed by atoms with E-state index in [2.05, 4.69) is 48.4 Å². The molecule has 0 radical (unpaired) electrons. The number of anilines is 2. The average molecular weight is 775 g/mol. The van der Waals surface area contributed by atoms with Gasteiger partial charge in [0.15, 0.2) is 11.7 Å². The van der Waals surface area contributed by atoms with Crippen LogP contribution in [0.2, 0.25) is 0 Å². The number of benzene rings is 3. The number of para-hydroxylation sites is 2. The molecule has 2 aliphatic heterocycles. The third-order valence-electron chi connectivity index (χ3n) is 8.21.